The van der Waals surface area contributed by atoms with E-state index < -0.39 is 12.0 Å². The summed E-state index contributed by atoms with van der Waals surface area (Å²) in [4.78, 5) is 39.0. The van der Waals surface area contributed by atoms with Gasteiger partial charge in [0.05, 0.1) is 0 Å². The number of carbonyl (C=O) groups excluding carboxylic acids is 2. The quantitative estimate of drug-likeness (QED) is 0.847. The number of nitrogens with one attached hydrogen (secondary N) is 1. The van der Waals surface area contributed by atoms with Crippen LogP contribution in [0.5, 0.6) is 0 Å². The number of carbonyl (C=O) groups is 3. The van der Waals surface area contributed by atoms with E-state index in [0.717, 1.165) is 19.3 Å². The summed E-state index contributed by atoms with van der Waals surface area (Å²) in [5.41, 5.74) is 0.399. The summed E-state index contributed by atoms with van der Waals surface area (Å²) in [6.07, 6.45) is 2.52. The van der Waals surface area contributed by atoms with Gasteiger partial charge in [0.2, 0.25) is 5.91 Å². The Kier molecular flexibility index (Phi) is 5.34. The van der Waals surface area contributed by atoms with E-state index in [4.69, 9.17) is 0 Å². The first-order valence-corrected chi connectivity index (χ1v) is 9.13. The Morgan fingerprint density at radius 2 is 1.81 bits per heavy atom. The molecular formula is C19H24FN3O4. The van der Waals surface area contributed by atoms with Crippen LogP contribution in [0.2, 0.25) is 0 Å². The van der Waals surface area contributed by atoms with Gasteiger partial charge < -0.3 is 20.2 Å². The number of nitrogens with zero attached hydrogens (tertiary/aromatic N) is 2. The molecule has 0 radical (unpaired) electrons. The van der Waals surface area contributed by atoms with E-state index in [1.165, 1.54) is 36.1 Å². The minimum Gasteiger partial charge on any atom is -0.480 e. The summed E-state index contributed by atoms with van der Waals surface area (Å²) in [5.74, 6) is -1.48. The van der Waals surface area contributed by atoms with Crippen LogP contribution in [0.25, 0.3) is 0 Å². The van der Waals surface area contributed by atoms with Crippen molar-refractivity contribution in [2.24, 2.45) is 5.41 Å². The molecule has 2 N–H and O–H groups in total. The van der Waals surface area contributed by atoms with Crippen molar-refractivity contribution in [3.05, 3.63) is 30.1 Å². The van der Waals surface area contributed by atoms with E-state index >= 15 is 0 Å². The maximum Gasteiger partial charge on any atom is 0.326 e. The first kappa shape index (κ1) is 19.1. The average molecular weight is 377 g/mol. The molecule has 2 saturated heterocycles. The molecule has 8 heteroatoms. The van der Waals surface area contributed by atoms with Crippen LogP contribution in [-0.2, 0) is 9.59 Å². The monoisotopic (exact) mass is 377 g/mol. The van der Waals surface area contributed by atoms with Crippen LogP contribution in [0.3, 0.4) is 0 Å². The molecule has 3 amide bonds. The summed E-state index contributed by atoms with van der Waals surface area (Å²) >= 11 is 0. The highest BCUT2D eigenvalue weighted by atomic mass is 19.1. The fourth-order valence-corrected chi connectivity index (χ4v) is 3.86. The Morgan fingerprint density at radius 1 is 1.19 bits per heavy atom. The third-order valence-corrected chi connectivity index (χ3v) is 5.73. The van der Waals surface area contributed by atoms with E-state index in [9.17, 15) is 23.9 Å². The molecule has 0 aliphatic carbocycles. The van der Waals surface area contributed by atoms with Crippen LogP contribution in [-0.4, -0.2) is 58.5 Å². The molecule has 2 aliphatic heterocycles. The number of benzene rings is 1. The molecule has 0 aromatic heterocycles. The number of carboxylic acid groups (broad SMARTS) is 1. The zero-order valence-electron chi connectivity index (χ0n) is 15.3. The van der Waals surface area contributed by atoms with Gasteiger partial charge in [-0.3, -0.25) is 4.79 Å². The number of aliphatic carboxylic acids is 1. The molecule has 146 valence electrons. The molecule has 1 aromatic rings. The maximum atomic E-state index is 13.0. The largest absolute Gasteiger partial charge is 0.480 e. The molecule has 1 aromatic carbocycles. The maximum absolute atomic E-state index is 13.0. The van der Waals surface area contributed by atoms with Gasteiger partial charge in [0.25, 0.3) is 0 Å². The van der Waals surface area contributed by atoms with Crippen molar-refractivity contribution in [1.29, 1.82) is 0 Å². The smallest absolute Gasteiger partial charge is 0.326 e. The highest BCUT2D eigenvalue weighted by Crippen LogP contribution is 2.40. The van der Waals surface area contributed by atoms with Gasteiger partial charge in [0, 0.05) is 31.7 Å². The molecular weight excluding hydrogens is 353 g/mol. The van der Waals surface area contributed by atoms with E-state index in [1.807, 2.05) is 0 Å². The third kappa shape index (κ3) is 4.20. The van der Waals surface area contributed by atoms with Crippen molar-refractivity contribution in [3.8, 4) is 0 Å². The predicted molar refractivity (Wildman–Crippen MR) is 96.7 cm³/mol. The van der Waals surface area contributed by atoms with Gasteiger partial charge in [-0.05, 0) is 55.9 Å². The predicted octanol–water partition coefficient (Wildman–Crippen LogP) is 2.54. The topological polar surface area (TPSA) is 90.0 Å². The lowest BCUT2D eigenvalue weighted by Gasteiger charge is -2.48. The number of halogens is 1. The van der Waals surface area contributed by atoms with E-state index in [0.29, 0.717) is 31.7 Å². The number of carboxylic acids is 1. The van der Waals surface area contributed by atoms with E-state index in [2.05, 4.69) is 5.32 Å². The summed E-state index contributed by atoms with van der Waals surface area (Å²) < 4.78 is 13.0. The molecule has 2 heterocycles. The fourth-order valence-electron chi connectivity index (χ4n) is 3.86. The van der Waals surface area contributed by atoms with Crippen molar-refractivity contribution in [2.75, 3.05) is 25.0 Å². The van der Waals surface area contributed by atoms with Crippen molar-refractivity contribution >= 4 is 23.6 Å². The molecule has 1 unspecified atom stereocenters. The summed E-state index contributed by atoms with van der Waals surface area (Å²) in [6, 6.07) is 4.53. The van der Waals surface area contributed by atoms with Crippen molar-refractivity contribution in [2.45, 2.75) is 38.6 Å². The van der Waals surface area contributed by atoms with Crippen LogP contribution in [0.4, 0.5) is 14.9 Å². The zero-order valence-corrected chi connectivity index (χ0v) is 15.3. The van der Waals surface area contributed by atoms with E-state index in [1.54, 1.807) is 4.90 Å². The average Bonchev–Trinajstić information content (AvgIpc) is 2.65. The van der Waals surface area contributed by atoms with Crippen molar-refractivity contribution in [1.82, 2.24) is 9.80 Å². The number of hydrogen-bond acceptors (Lipinski definition) is 3. The third-order valence-electron chi connectivity index (χ3n) is 5.73. The van der Waals surface area contributed by atoms with E-state index in [-0.39, 0.29) is 23.2 Å². The molecule has 0 bridgehead atoms. The number of rotatable bonds is 3. The molecule has 2 aliphatic rings. The number of hydrogen-bond donors (Lipinski definition) is 2. The lowest BCUT2D eigenvalue weighted by molar-refractivity contribution is -0.154. The Hall–Kier alpha value is -2.64. The fraction of sp³-hybridized carbons (Fsp3) is 0.526. The normalized spacial score (nSPS) is 20.4. The van der Waals surface area contributed by atoms with Gasteiger partial charge in [0.1, 0.15) is 11.9 Å². The summed E-state index contributed by atoms with van der Waals surface area (Å²) in [5, 5.41) is 12.0. The molecule has 0 saturated carbocycles. The van der Waals surface area contributed by atoms with Gasteiger partial charge >= 0.3 is 12.0 Å². The Bertz CT molecular complexity index is 729. The molecule has 7 nitrogen and oxygen atoms in total. The number of amides is 3. The number of piperidine rings is 2. The second-order valence-corrected chi connectivity index (χ2v) is 7.46. The zero-order chi connectivity index (χ0) is 19.6. The minimum atomic E-state index is -1.00. The van der Waals surface area contributed by atoms with Gasteiger partial charge in [0.15, 0.2) is 0 Å². The molecule has 1 spiro atoms. The summed E-state index contributed by atoms with van der Waals surface area (Å²) in [6.45, 7) is 3.03. The van der Waals surface area contributed by atoms with Gasteiger partial charge in [-0.1, -0.05) is 0 Å². The second-order valence-electron chi connectivity index (χ2n) is 7.46. The summed E-state index contributed by atoms with van der Waals surface area (Å²) in [7, 11) is 0. The van der Waals surface area contributed by atoms with Crippen LogP contribution in [0, 0.1) is 11.2 Å². The highest BCUT2D eigenvalue weighted by Gasteiger charge is 2.43. The van der Waals surface area contributed by atoms with Crippen LogP contribution >= 0.6 is 0 Å². The number of likely N-dealkylation sites (tertiary alicyclic amines) is 2. The first-order chi connectivity index (χ1) is 12.8. The van der Waals surface area contributed by atoms with Gasteiger partial charge in [-0.2, -0.15) is 0 Å². The second kappa shape index (κ2) is 7.54. The highest BCUT2D eigenvalue weighted by molar-refractivity contribution is 5.89. The van der Waals surface area contributed by atoms with Crippen LogP contribution in [0.1, 0.15) is 32.6 Å². The lowest BCUT2D eigenvalue weighted by Crippen LogP contribution is -2.56. The standard InChI is InChI=1S/C19H24FN3O4/c1-13(17(25)26)23-12-19(7-6-16(23)24)8-10-22(11-9-19)18(27)21-15-4-2-14(20)3-5-15/h2-5,13H,6-12H2,1H3,(H,21,27)(H,25,26). The first-order valence-electron chi connectivity index (χ1n) is 9.13. The Morgan fingerprint density at radius 3 is 2.41 bits per heavy atom. The molecule has 3 rings (SSSR count). The lowest BCUT2D eigenvalue weighted by atomic mass is 9.72. The van der Waals surface area contributed by atoms with Gasteiger partial charge in [-0.15, -0.1) is 0 Å². The van der Waals surface area contributed by atoms with Crippen LogP contribution < -0.4 is 5.32 Å². The molecule has 2 fully saturated rings. The molecule has 1 atom stereocenters. The SMILES string of the molecule is CC(C(=O)O)N1CC2(CCC1=O)CCN(C(=O)Nc1ccc(F)cc1)CC2. The van der Waals surface area contributed by atoms with Crippen LogP contribution in [0.15, 0.2) is 24.3 Å². The molecule has 27 heavy (non-hydrogen) atoms. The van der Waals surface area contributed by atoms with Gasteiger partial charge in [-0.25, -0.2) is 14.0 Å². The Labute approximate surface area is 157 Å². The minimum absolute atomic E-state index is 0.119. The number of urea groups is 1. The number of anilines is 1. The van der Waals surface area contributed by atoms with Crippen molar-refractivity contribution < 1.29 is 23.9 Å². The Balaban J connectivity index is 1.59. The van der Waals surface area contributed by atoms with Crippen molar-refractivity contribution in [3.63, 3.8) is 0 Å².